The number of phenols is 1. The van der Waals surface area contributed by atoms with E-state index in [2.05, 4.69) is 5.16 Å². The molecule has 4 N–H and O–H groups in total. The minimum Gasteiger partial charge on any atom is -0.507 e. The summed E-state index contributed by atoms with van der Waals surface area (Å²) < 4.78 is 4.70. The molecule has 0 aliphatic carbocycles. The Hall–Kier alpha value is -2.01. The van der Waals surface area contributed by atoms with Gasteiger partial charge >= 0.3 is 0 Å². The van der Waals surface area contributed by atoms with E-state index in [9.17, 15) is 5.11 Å². The summed E-state index contributed by atoms with van der Waals surface area (Å²) in [6, 6.07) is 5.02. The van der Waals surface area contributed by atoms with Gasteiger partial charge in [0.05, 0.1) is 18.4 Å². The molecule has 15 heavy (non-hydrogen) atoms. The lowest BCUT2D eigenvalue weighted by atomic mass is 10.0. The molecule has 0 bridgehead atoms. The molecule has 1 aromatic carbocycles. The number of aliphatic hydroxyl groups excluding tert-OH is 1. The first-order valence-corrected chi connectivity index (χ1v) is 4.36. The Balaban J connectivity index is 2.59. The smallest absolute Gasteiger partial charge is 0.230 e. The topological polar surface area (TPSA) is 92.5 Å². The second-order valence-corrected chi connectivity index (χ2v) is 3.08. The quantitative estimate of drug-likeness (QED) is 0.684. The number of nitrogen functional groups attached to an aromatic ring is 1. The third-order valence-corrected chi connectivity index (χ3v) is 2.18. The maximum atomic E-state index is 9.80. The van der Waals surface area contributed by atoms with Crippen LogP contribution < -0.4 is 5.73 Å². The first-order valence-electron chi connectivity index (χ1n) is 4.36. The van der Waals surface area contributed by atoms with E-state index in [-0.39, 0.29) is 18.2 Å². The minimum atomic E-state index is -0.231. The molecule has 0 spiro atoms. The van der Waals surface area contributed by atoms with Crippen LogP contribution in [0, 0.1) is 0 Å². The van der Waals surface area contributed by atoms with Crippen molar-refractivity contribution in [1.29, 1.82) is 0 Å². The van der Waals surface area contributed by atoms with E-state index < -0.39 is 0 Å². The number of hydrogen-bond donors (Lipinski definition) is 3. The molecule has 1 heterocycles. The first kappa shape index (κ1) is 9.54. The number of nitrogens with zero attached hydrogens (tertiary/aromatic N) is 1. The van der Waals surface area contributed by atoms with Crippen LogP contribution in [0.1, 0.15) is 5.56 Å². The molecule has 0 unspecified atom stereocenters. The van der Waals surface area contributed by atoms with Crippen LogP contribution in [0.5, 0.6) is 5.75 Å². The number of para-hydroxylation sites is 1. The van der Waals surface area contributed by atoms with Crippen LogP contribution in [0.4, 0.5) is 5.88 Å². The largest absolute Gasteiger partial charge is 0.507 e. The Morgan fingerprint density at radius 2 is 2.13 bits per heavy atom. The summed E-state index contributed by atoms with van der Waals surface area (Å²) in [5.41, 5.74) is 6.99. The highest BCUT2D eigenvalue weighted by atomic mass is 16.5. The van der Waals surface area contributed by atoms with Gasteiger partial charge in [0, 0.05) is 11.1 Å². The molecule has 2 rings (SSSR count). The first-order chi connectivity index (χ1) is 7.24. The molecule has 1 aromatic heterocycles. The van der Waals surface area contributed by atoms with Crippen molar-refractivity contribution in [3.8, 4) is 16.9 Å². The van der Waals surface area contributed by atoms with Crippen LogP contribution in [0.3, 0.4) is 0 Å². The average Bonchev–Trinajstić information content (AvgIpc) is 2.65. The number of nitrogens with two attached hydrogens (primary N) is 1. The van der Waals surface area contributed by atoms with E-state index >= 15 is 0 Å². The van der Waals surface area contributed by atoms with Crippen LogP contribution in [-0.4, -0.2) is 15.4 Å². The lowest BCUT2D eigenvalue weighted by Crippen LogP contribution is -1.89. The van der Waals surface area contributed by atoms with E-state index in [4.69, 9.17) is 15.4 Å². The SMILES string of the molecule is Nc1oncc1-c1cccc(CO)c1O. The summed E-state index contributed by atoms with van der Waals surface area (Å²) in [4.78, 5) is 0. The number of benzene rings is 1. The Bertz CT molecular complexity index is 479. The predicted molar refractivity (Wildman–Crippen MR) is 53.9 cm³/mol. The molecule has 5 nitrogen and oxygen atoms in total. The predicted octanol–water partition coefficient (Wildman–Crippen LogP) is 1.12. The van der Waals surface area contributed by atoms with Crippen LogP contribution >= 0.6 is 0 Å². The van der Waals surface area contributed by atoms with Gasteiger partial charge in [-0.3, -0.25) is 0 Å². The van der Waals surface area contributed by atoms with E-state index in [0.29, 0.717) is 16.7 Å². The Morgan fingerprint density at radius 3 is 2.73 bits per heavy atom. The van der Waals surface area contributed by atoms with E-state index in [0.717, 1.165) is 0 Å². The highest BCUT2D eigenvalue weighted by Crippen LogP contribution is 2.35. The molecule has 0 saturated carbocycles. The van der Waals surface area contributed by atoms with Crippen molar-refractivity contribution in [1.82, 2.24) is 5.16 Å². The van der Waals surface area contributed by atoms with Gasteiger partial charge in [0.15, 0.2) is 0 Å². The summed E-state index contributed by atoms with van der Waals surface area (Å²) >= 11 is 0. The summed E-state index contributed by atoms with van der Waals surface area (Å²) in [7, 11) is 0. The van der Waals surface area contributed by atoms with Gasteiger partial charge in [0.25, 0.3) is 0 Å². The van der Waals surface area contributed by atoms with Gasteiger partial charge in [0.2, 0.25) is 5.88 Å². The van der Waals surface area contributed by atoms with Crippen molar-refractivity contribution in [2.45, 2.75) is 6.61 Å². The molecule has 0 fully saturated rings. The molecule has 78 valence electrons. The van der Waals surface area contributed by atoms with Crippen LogP contribution in [-0.2, 0) is 6.61 Å². The zero-order valence-electron chi connectivity index (χ0n) is 7.84. The van der Waals surface area contributed by atoms with Crippen molar-refractivity contribution in [2.24, 2.45) is 0 Å². The second-order valence-electron chi connectivity index (χ2n) is 3.08. The van der Waals surface area contributed by atoms with E-state index in [1.807, 2.05) is 0 Å². The summed E-state index contributed by atoms with van der Waals surface area (Å²) in [6.45, 7) is -0.231. The monoisotopic (exact) mass is 206 g/mol. The van der Waals surface area contributed by atoms with Crippen molar-refractivity contribution in [2.75, 3.05) is 5.73 Å². The molecule has 0 aliphatic heterocycles. The number of rotatable bonds is 2. The lowest BCUT2D eigenvalue weighted by Gasteiger charge is -2.05. The molecule has 0 aliphatic rings. The van der Waals surface area contributed by atoms with Gasteiger partial charge in [-0.2, -0.15) is 0 Å². The summed E-state index contributed by atoms with van der Waals surface area (Å²) in [6.07, 6.45) is 1.42. The number of anilines is 1. The highest BCUT2D eigenvalue weighted by Gasteiger charge is 2.13. The van der Waals surface area contributed by atoms with Crippen LogP contribution in [0.2, 0.25) is 0 Å². The summed E-state index contributed by atoms with van der Waals surface area (Å²) in [5, 5.41) is 22.3. The molecular weight excluding hydrogens is 196 g/mol. The van der Waals surface area contributed by atoms with Crippen molar-refractivity contribution in [3.63, 3.8) is 0 Å². The Labute approximate surface area is 85.7 Å². The number of hydrogen-bond acceptors (Lipinski definition) is 5. The Kier molecular flexibility index (Phi) is 2.31. The van der Waals surface area contributed by atoms with Crippen molar-refractivity contribution >= 4 is 5.88 Å². The average molecular weight is 206 g/mol. The third-order valence-electron chi connectivity index (χ3n) is 2.18. The highest BCUT2D eigenvalue weighted by molar-refractivity contribution is 5.77. The standard InChI is InChI=1S/C10H10N2O3/c11-10-8(4-12-15-10)7-3-1-2-6(5-13)9(7)14/h1-4,13-14H,5,11H2. The van der Waals surface area contributed by atoms with Crippen LogP contribution in [0.15, 0.2) is 28.9 Å². The molecular formula is C10H10N2O3. The normalized spacial score (nSPS) is 10.5. The van der Waals surface area contributed by atoms with Crippen LogP contribution in [0.25, 0.3) is 11.1 Å². The zero-order valence-corrected chi connectivity index (χ0v) is 7.84. The lowest BCUT2D eigenvalue weighted by molar-refractivity contribution is 0.275. The molecule has 5 heteroatoms. The summed E-state index contributed by atoms with van der Waals surface area (Å²) in [5.74, 6) is 0.135. The zero-order chi connectivity index (χ0) is 10.8. The fourth-order valence-corrected chi connectivity index (χ4v) is 1.39. The number of aromatic nitrogens is 1. The van der Waals surface area contributed by atoms with Gasteiger partial charge in [0.1, 0.15) is 5.75 Å². The molecule has 0 radical (unpaired) electrons. The minimum absolute atomic E-state index is 0.00472. The maximum absolute atomic E-state index is 9.80. The molecule has 0 saturated heterocycles. The fraction of sp³-hybridized carbons (Fsp3) is 0.100. The van der Waals surface area contributed by atoms with E-state index in [1.54, 1.807) is 18.2 Å². The van der Waals surface area contributed by atoms with Gasteiger partial charge in [-0.25, -0.2) is 0 Å². The van der Waals surface area contributed by atoms with Gasteiger partial charge in [-0.05, 0) is 0 Å². The third kappa shape index (κ3) is 1.53. The molecule has 0 amide bonds. The molecule has 2 aromatic rings. The van der Waals surface area contributed by atoms with E-state index in [1.165, 1.54) is 6.20 Å². The molecule has 0 atom stereocenters. The Morgan fingerprint density at radius 1 is 1.33 bits per heavy atom. The van der Waals surface area contributed by atoms with Gasteiger partial charge < -0.3 is 20.5 Å². The van der Waals surface area contributed by atoms with Crippen molar-refractivity contribution < 1.29 is 14.7 Å². The maximum Gasteiger partial charge on any atom is 0.230 e. The van der Waals surface area contributed by atoms with Gasteiger partial charge in [-0.1, -0.05) is 23.4 Å². The van der Waals surface area contributed by atoms with Gasteiger partial charge in [-0.15, -0.1) is 0 Å². The number of aromatic hydroxyl groups is 1. The second kappa shape index (κ2) is 3.62. The number of aliphatic hydroxyl groups is 1. The fourth-order valence-electron chi connectivity index (χ4n) is 1.39. The van der Waals surface area contributed by atoms with Crippen molar-refractivity contribution in [3.05, 3.63) is 30.0 Å².